The van der Waals surface area contributed by atoms with Gasteiger partial charge in [0.15, 0.2) is 5.78 Å². The molecule has 0 aromatic heterocycles. The summed E-state index contributed by atoms with van der Waals surface area (Å²) in [5, 5.41) is 22.7. The number of non-ortho nitro benzene ring substituents is 2. The number of benzene rings is 4. The third kappa shape index (κ3) is 7.13. The fourth-order valence-electron chi connectivity index (χ4n) is 8.61. The van der Waals surface area contributed by atoms with Gasteiger partial charge in [0.25, 0.3) is 11.4 Å². The van der Waals surface area contributed by atoms with E-state index in [1.54, 1.807) is 25.1 Å². The summed E-state index contributed by atoms with van der Waals surface area (Å²) in [5.41, 5.74) is 10.2. The van der Waals surface area contributed by atoms with Crippen LogP contribution in [0.2, 0.25) is 0 Å². The number of nitrogens with zero attached hydrogens (tertiary/aromatic N) is 2. The molecule has 0 spiro atoms. The lowest BCUT2D eigenvalue weighted by molar-refractivity contribution is -0.385. The van der Waals surface area contributed by atoms with Gasteiger partial charge >= 0.3 is 0 Å². The summed E-state index contributed by atoms with van der Waals surface area (Å²) in [7, 11) is 0. The van der Waals surface area contributed by atoms with Crippen molar-refractivity contribution in [2.45, 2.75) is 122 Å². The van der Waals surface area contributed by atoms with Gasteiger partial charge in [0.1, 0.15) is 0 Å². The normalized spacial score (nSPS) is 14.1. The van der Waals surface area contributed by atoms with E-state index >= 15 is 0 Å². The molecule has 0 saturated heterocycles. The lowest BCUT2D eigenvalue weighted by atomic mass is 9.70. The van der Waals surface area contributed by atoms with Crippen LogP contribution in [0.15, 0.2) is 78.9 Å². The molecular formula is C44H52N2O5. The van der Waals surface area contributed by atoms with Crippen LogP contribution in [0.25, 0.3) is 22.3 Å². The van der Waals surface area contributed by atoms with Crippen molar-refractivity contribution in [1.82, 2.24) is 0 Å². The largest absolute Gasteiger partial charge is 0.295 e. The van der Waals surface area contributed by atoms with Crippen LogP contribution < -0.4 is 0 Å². The predicted octanol–water partition coefficient (Wildman–Crippen LogP) is 12.7. The van der Waals surface area contributed by atoms with Crippen LogP contribution in [0.5, 0.6) is 0 Å². The van der Waals surface area contributed by atoms with E-state index in [9.17, 15) is 25.0 Å². The number of ketones is 1. The number of hydrogen-bond donors (Lipinski definition) is 0. The molecule has 4 aromatic rings. The Morgan fingerprint density at radius 3 is 1.31 bits per heavy atom. The fraction of sp³-hybridized carbons (Fsp3) is 0.432. The first-order valence-electron chi connectivity index (χ1n) is 18.9. The molecule has 51 heavy (non-hydrogen) atoms. The second-order valence-electron chi connectivity index (χ2n) is 14.4. The quantitative estimate of drug-likeness (QED) is 0.0702. The average molecular weight is 689 g/mol. The Labute approximate surface area is 302 Å². The van der Waals surface area contributed by atoms with Gasteiger partial charge < -0.3 is 0 Å². The van der Waals surface area contributed by atoms with E-state index in [4.69, 9.17) is 0 Å². The maximum atomic E-state index is 12.0. The van der Waals surface area contributed by atoms with Crippen molar-refractivity contribution >= 4 is 17.2 Å². The molecular weight excluding hydrogens is 636 g/mol. The first-order chi connectivity index (χ1) is 24.6. The van der Waals surface area contributed by atoms with Crippen LogP contribution in [-0.4, -0.2) is 15.6 Å². The number of carbonyl (C=O) groups is 1. The molecule has 6 rings (SSSR count). The van der Waals surface area contributed by atoms with Crippen LogP contribution >= 0.6 is 0 Å². The van der Waals surface area contributed by atoms with Gasteiger partial charge in [-0.1, -0.05) is 115 Å². The summed E-state index contributed by atoms with van der Waals surface area (Å²) in [4.78, 5) is 34.2. The van der Waals surface area contributed by atoms with E-state index in [1.807, 2.05) is 36.4 Å². The van der Waals surface area contributed by atoms with Gasteiger partial charge in [0.05, 0.1) is 9.85 Å². The van der Waals surface area contributed by atoms with Crippen LogP contribution in [0, 0.1) is 20.2 Å². The smallest absolute Gasteiger partial charge is 0.269 e. The van der Waals surface area contributed by atoms with E-state index in [2.05, 4.69) is 52.0 Å². The standard InChI is InChI=1S/C23H27NO3.C21H25NO2/c1-4-6-12-23(13-7-5-2)21-14-17(16(3)25)8-10-19(21)20-11-9-18(24(26)27)15-22(20)23;1-3-5-13-21(14-6-4-2)19-10-8-7-9-17(19)18-12-11-16(22(23)24)15-20(18)21/h8-11,14-15H,4-7,12-13H2,1-3H3;7-12,15H,3-6,13-14H2,1-2H3. The number of Topliss-reactive ketones (excluding diaryl/α,β-unsaturated/α-hetero) is 1. The van der Waals surface area contributed by atoms with Crippen molar-refractivity contribution < 1.29 is 14.6 Å². The summed E-state index contributed by atoms with van der Waals surface area (Å²) in [6, 6.07) is 25.2. The summed E-state index contributed by atoms with van der Waals surface area (Å²) < 4.78 is 0. The number of unbranched alkanes of at least 4 members (excludes halogenated alkanes) is 4. The molecule has 0 saturated carbocycles. The third-order valence-corrected chi connectivity index (χ3v) is 11.3. The molecule has 0 bridgehead atoms. The maximum Gasteiger partial charge on any atom is 0.269 e. The van der Waals surface area contributed by atoms with Crippen molar-refractivity contribution in [3.8, 4) is 22.3 Å². The third-order valence-electron chi connectivity index (χ3n) is 11.3. The van der Waals surface area contributed by atoms with Crippen molar-refractivity contribution in [2.75, 3.05) is 0 Å². The Bertz CT molecular complexity index is 1830. The van der Waals surface area contributed by atoms with Crippen molar-refractivity contribution in [3.05, 3.63) is 127 Å². The van der Waals surface area contributed by atoms with Gasteiger partial charge in [-0.05, 0) is 95.3 Å². The van der Waals surface area contributed by atoms with Gasteiger partial charge in [-0.15, -0.1) is 0 Å². The van der Waals surface area contributed by atoms with Crippen LogP contribution in [0.4, 0.5) is 11.4 Å². The van der Waals surface area contributed by atoms with E-state index in [0.29, 0.717) is 5.56 Å². The van der Waals surface area contributed by atoms with Gasteiger partial charge in [0, 0.05) is 40.7 Å². The Kier molecular flexibility index (Phi) is 11.9. The van der Waals surface area contributed by atoms with E-state index in [0.717, 1.165) is 93.7 Å². The van der Waals surface area contributed by atoms with Crippen molar-refractivity contribution in [3.63, 3.8) is 0 Å². The monoisotopic (exact) mass is 688 g/mol. The summed E-state index contributed by atoms with van der Waals surface area (Å²) in [5.74, 6) is 0.0552. The highest BCUT2D eigenvalue weighted by Crippen LogP contribution is 2.56. The van der Waals surface area contributed by atoms with Crippen molar-refractivity contribution in [2.24, 2.45) is 0 Å². The number of rotatable bonds is 15. The molecule has 4 aromatic carbocycles. The van der Waals surface area contributed by atoms with Gasteiger partial charge in [0.2, 0.25) is 0 Å². The molecule has 0 unspecified atom stereocenters. The zero-order valence-corrected chi connectivity index (χ0v) is 30.9. The first kappa shape index (κ1) is 37.6. The second kappa shape index (κ2) is 16.1. The molecule has 0 atom stereocenters. The zero-order valence-electron chi connectivity index (χ0n) is 30.9. The number of hydrogen-bond acceptors (Lipinski definition) is 5. The minimum atomic E-state index is -0.311. The van der Waals surface area contributed by atoms with Crippen LogP contribution in [0.3, 0.4) is 0 Å². The number of fused-ring (bicyclic) bond motifs is 6. The minimum absolute atomic E-state index is 0.0552. The van der Waals surface area contributed by atoms with Crippen LogP contribution in [0.1, 0.15) is 144 Å². The van der Waals surface area contributed by atoms with Gasteiger partial charge in [-0.25, -0.2) is 0 Å². The molecule has 0 amide bonds. The van der Waals surface area contributed by atoms with E-state index in [1.165, 1.54) is 27.8 Å². The molecule has 2 aliphatic rings. The molecule has 7 nitrogen and oxygen atoms in total. The molecule has 0 fully saturated rings. The molecule has 2 aliphatic carbocycles. The molecule has 0 aliphatic heterocycles. The fourth-order valence-corrected chi connectivity index (χ4v) is 8.61. The first-order valence-corrected chi connectivity index (χ1v) is 18.9. The van der Waals surface area contributed by atoms with E-state index < -0.39 is 0 Å². The highest BCUT2D eigenvalue weighted by atomic mass is 16.6. The molecule has 0 N–H and O–H groups in total. The summed E-state index contributed by atoms with van der Waals surface area (Å²) in [6.07, 6.45) is 12.8. The second-order valence-corrected chi connectivity index (χ2v) is 14.4. The molecule has 7 heteroatoms. The maximum absolute atomic E-state index is 12.0. The average Bonchev–Trinajstić information content (AvgIpc) is 3.57. The number of nitro groups is 2. The molecule has 0 heterocycles. The lowest BCUT2D eigenvalue weighted by Crippen LogP contribution is -2.26. The Morgan fingerprint density at radius 2 is 0.902 bits per heavy atom. The Morgan fingerprint density at radius 1 is 0.529 bits per heavy atom. The number of nitro benzene ring substituents is 2. The predicted molar refractivity (Wildman–Crippen MR) is 207 cm³/mol. The Hall–Kier alpha value is -4.65. The van der Waals surface area contributed by atoms with E-state index in [-0.39, 0.29) is 37.8 Å². The van der Waals surface area contributed by atoms with Gasteiger partial charge in [-0.3, -0.25) is 25.0 Å². The Balaban J connectivity index is 0.000000199. The number of carbonyl (C=O) groups excluding carboxylic acids is 1. The zero-order chi connectivity index (χ0) is 36.8. The van der Waals surface area contributed by atoms with Gasteiger partial charge in [-0.2, -0.15) is 0 Å². The van der Waals surface area contributed by atoms with Crippen LogP contribution in [-0.2, 0) is 10.8 Å². The lowest BCUT2D eigenvalue weighted by Gasteiger charge is -2.32. The minimum Gasteiger partial charge on any atom is -0.295 e. The highest BCUT2D eigenvalue weighted by Gasteiger charge is 2.44. The topological polar surface area (TPSA) is 103 Å². The molecule has 0 radical (unpaired) electrons. The SMILES string of the molecule is CCCCC1(CCCC)c2cc(C(C)=O)ccc2-c2ccc([N+](=O)[O-])cc21.CCCCC1(CCCC)c2ccccc2-c2ccc([N+](=O)[O-])cc21. The summed E-state index contributed by atoms with van der Waals surface area (Å²) in [6.45, 7) is 10.4. The van der Waals surface area contributed by atoms with Crippen molar-refractivity contribution in [1.29, 1.82) is 0 Å². The molecule has 268 valence electrons. The summed E-state index contributed by atoms with van der Waals surface area (Å²) >= 11 is 0. The highest BCUT2D eigenvalue weighted by molar-refractivity contribution is 5.96.